The number of benzene rings is 2. The number of hydrogen-bond acceptors (Lipinski definition) is 5. The van der Waals surface area contributed by atoms with E-state index in [4.69, 9.17) is 9.26 Å². The number of likely N-dealkylation sites (tertiary alicyclic amines) is 1. The molecule has 0 saturated carbocycles. The lowest BCUT2D eigenvalue weighted by Gasteiger charge is -2.26. The molecule has 0 unspecified atom stereocenters. The number of piperidine rings is 1. The van der Waals surface area contributed by atoms with Crippen molar-refractivity contribution in [3.63, 3.8) is 0 Å². The van der Waals surface area contributed by atoms with Crippen molar-refractivity contribution in [2.24, 2.45) is 0 Å². The minimum Gasteiger partial charge on any atom is -0.484 e. The molecule has 7 heteroatoms. The van der Waals surface area contributed by atoms with Crippen molar-refractivity contribution in [2.45, 2.75) is 25.9 Å². The minimum atomic E-state index is -0.327. The summed E-state index contributed by atoms with van der Waals surface area (Å²) in [7, 11) is 0. The molecule has 1 aliphatic rings. The van der Waals surface area contributed by atoms with Gasteiger partial charge in [0.15, 0.2) is 6.61 Å². The molecule has 2 aromatic carbocycles. The predicted molar refractivity (Wildman–Crippen MR) is 100 cm³/mol. The highest BCUT2D eigenvalue weighted by Gasteiger charge is 2.19. The smallest absolute Gasteiger partial charge is 0.264 e. The van der Waals surface area contributed by atoms with E-state index in [1.54, 1.807) is 12.1 Å². The van der Waals surface area contributed by atoms with Crippen LogP contribution in [0.15, 0.2) is 53.1 Å². The van der Waals surface area contributed by atoms with E-state index in [0.717, 1.165) is 25.9 Å². The summed E-state index contributed by atoms with van der Waals surface area (Å²) >= 11 is 0. The topological polar surface area (TPSA) is 68.5 Å². The van der Waals surface area contributed by atoms with Crippen LogP contribution in [0.5, 0.6) is 5.75 Å². The Morgan fingerprint density at radius 3 is 2.68 bits per heavy atom. The Bertz CT molecular complexity index is 950. The number of aromatic nitrogens is 2. The van der Waals surface area contributed by atoms with Gasteiger partial charge < -0.3 is 14.2 Å². The summed E-state index contributed by atoms with van der Waals surface area (Å²) in [5.41, 5.74) is 1.33. The number of ether oxygens (including phenoxy) is 1. The van der Waals surface area contributed by atoms with Crippen LogP contribution in [0.25, 0.3) is 11.4 Å². The average molecular weight is 381 g/mol. The molecule has 0 bridgehead atoms. The van der Waals surface area contributed by atoms with Gasteiger partial charge in [-0.15, -0.1) is 0 Å². The molecule has 2 heterocycles. The van der Waals surface area contributed by atoms with Gasteiger partial charge in [0.1, 0.15) is 11.6 Å². The number of amides is 1. The van der Waals surface area contributed by atoms with Crippen molar-refractivity contribution in [3.05, 3.63) is 65.8 Å². The molecule has 144 valence electrons. The van der Waals surface area contributed by atoms with Crippen LogP contribution < -0.4 is 4.74 Å². The zero-order chi connectivity index (χ0) is 19.3. The van der Waals surface area contributed by atoms with Gasteiger partial charge in [-0.2, -0.15) is 4.98 Å². The van der Waals surface area contributed by atoms with Crippen LogP contribution in [-0.2, 0) is 6.61 Å². The van der Waals surface area contributed by atoms with Gasteiger partial charge in [0, 0.05) is 24.2 Å². The molecule has 1 aromatic heterocycles. The average Bonchev–Trinajstić information content (AvgIpc) is 3.23. The first-order chi connectivity index (χ1) is 13.7. The number of carbonyl (C=O) groups excluding carboxylic acids is 1. The van der Waals surface area contributed by atoms with Gasteiger partial charge in [0.25, 0.3) is 11.8 Å². The van der Waals surface area contributed by atoms with Crippen LogP contribution in [0, 0.1) is 5.82 Å². The van der Waals surface area contributed by atoms with E-state index in [2.05, 4.69) is 10.1 Å². The molecule has 0 atom stereocenters. The van der Waals surface area contributed by atoms with Crippen molar-refractivity contribution in [2.75, 3.05) is 13.1 Å². The normalized spacial score (nSPS) is 14.1. The molecule has 1 saturated heterocycles. The Morgan fingerprint density at radius 1 is 1.11 bits per heavy atom. The standard InChI is InChI=1S/C21H20FN3O3/c22-17-7-9-18(10-8-17)27-14-19-23-20(24-28-19)15-5-4-6-16(13-15)21(26)25-11-2-1-3-12-25/h4-10,13H,1-3,11-12,14H2. The molecule has 1 fully saturated rings. The van der Waals surface area contributed by atoms with Gasteiger partial charge in [0.2, 0.25) is 5.82 Å². The summed E-state index contributed by atoms with van der Waals surface area (Å²) in [4.78, 5) is 18.9. The predicted octanol–water partition coefficient (Wildman–Crippen LogP) is 4.08. The Hall–Kier alpha value is -3.22. The molecule has 28 heavy (non-hydrogen) atoms. The highest BCUT2D eigenvalue weighted by molar-refractivity contribution is 5.95. The molecule has 6 nitrogen and oxygen atoms in total. The molecule has 0 aliphatic carbocycles. The fraction of sp³-hybridized carbons (Fsp3) is 0.286. The maximum absolute atomic E-state index is 12.9. The molecule has 1 amide bonds. The first kappa shape index (κ1) is 18.2. The van der Waals surface area contributed by atoms with Gasteiger partial charge in [-0.3, -0.25) is 4.79 Å². The van der Waals surface area contributed by atoms with E-state index in [0.29, 0.717) is 28.6 Å². The summed E-state index contributed by atoms with van der Waals surface area (Å²) in [5, 5.41) is 3.97. The fourth-order valence-corrected chi connectivity index (χ4v) is 3.18. The lowest BCUT2D eigenvalue weighted by atomic mass is 10.1. The Kier molecular flexibility index (Phi) is 5.32. The maximum atomic E-state index is 12.9. The molecule has 3 aromatic rings. The number of hydrogen-bond donors (Lipinski definition) is 0. The summed E-state index contributed by atoms with van der Waals surface area (Å²) in [5.74, 6) is 0.907. The highest BCUT2D eigenvalue weighted by atomic mass is 19.1. The van der Waals surface area contributed by atoms with Crippen LogP contribution in [0.3, 0.4) is 0 Å². The molecule has 1 aliphatic heterocycles. The summed E-state index contributed by atoms with van der Waals surface area (Å²) in [6.07, 6.45) is 3.27. The number of carbonyl (C=O) groups is 1. The third kappa shape index (κ3) is 4.19. The third-order valence-corrected chi connectivity index (χ3v) is 4.66. The van der Waals surface area contributed by atoms with Crippen molar-refractivity contribution < 1.29 is 18.4 Å². The number of halogens is 1. The monoisotopic (exact) mass is 381 g/mol. The van der Waals surface area contributed by atoms with Gasteiger partial charge in [-0.25, -0.2) is 4.39 Å². The van der Waals surface area contributed by atoms with E-state index in [1.165, 1.54) is 30.7 Å². The molecular formula is C21H20FN3O3. The Morgan fingerprint density at radius 2 is 1.89 bits per heavy atom. The Balaban J connectivity index is 1.44. The maximum Gasteiger partial charge on any atom is 0.264 e. The first-order valence-corrected chi connectivity index (χ1v) is 9.30. The van der Waals surface area contributed by atoms with Crippen LogP contribution >= 0.6 is 0 Å². The SMILES string of the molecule is O=C(c1cccc(-c2noc(COc3ccc(F)cc3)n2)c1)N1CCCCC1. The van der Waals surface area contributed by atoms with Gasteiger partial charge in [-0.05, 0) is 55.7 Å². The van der Waals surface area contributed by atoms with E-state index < -0.39 is 0 Å². The highest BCUT2D eigenvalue weighted by Crippen LogP contribution is 2.20. The van der Waals surface area contributed by atoms with Gasteiger partial charge in [-0.1, -0.05) is 17.3 Å². The number of nitrogens with zero attached hydrogens (tertiary/aromatic N) is 3. The summed E-state index contributed by atoms with van der Waals surface area (Å²) in [6, 6.07) is 12.9. The van der Waals surface area contributed by atoms with Crippen LogP contribution in [-0.4, -0.2) is 34.0 Å². The van der Waals surface area contributed by atoms with Crippen LogP contribution in [0.4, 0.5) is 4.39 Å². The third-order valence-electron chi connectivity index (χ3n) is 4.66. The molecule has 0 radical (unpaired) electrons. The largest absolute Gasteiger partial charge is 0.484 e. The van der Waals surface area contributed by atoms with Crippen molar-refractivity contribution in [3.8, 4) is 17.1 Å². The second kappa shape index (κ2) is 8.21. The van der Waals surface area contributed by atoms with E-state index >= 15 is 0 Å². The lowest BCUT2D eigenvalue weighted by Crippen LogP contribution is -2.35. The van der Waals surface area contributed by atoms with E-state index in [1.807, 2.05) is 17.0 Å². The second-order valence-corrected chi connectivity index (χ2v) is 6.69. The number of rotatable bonds is 5. The zero-order valence-corrected chi connectivity index (χ0v) is 15.3. The van der Waals surface area contributed by atoms with Gasteiger partial charge >= 0.3 is 0 Å². The lowest BCUT2D eigenvalue weighted by molar-refractivity contribution is 0.0724. The second-order valence-electron chi connectivity index (χ2n) is 6.69. The Labute approximate surface area is 161 Å². The van der Waals surface area contributed by atoms with E-state index in [9.17, 15) is 9.18 Å². The molecule has 0 spiro atoms. The molecular weight excluding hydrogens is 361 g/mol. The quantitative estimate of drug-likeness (QED) is 0.666. The van der Waals surface area contributed by atoms with Crippen LogP contribution in [0.2, 0.25) is 0 Å². The summed E-state index contributed by atoms with van der Waals surface area (Å²) < 4.78 is 23.7. The molecule has 4 rings (SSSR count). The van der Waals surface area contributed by atoms with Crippen molar-refractivity contribution in [1.29, 1.82) is 0 Å². The van der Waals surface area contributed by atoms with Crippen molar-refractivity contribution >= 4 is 5.91 Å². The van der Waals surface area contributed by atoms with Gasteiger partial charge in [0.05, 0.1) is 0 Å². The van der Waals surface area contributed by atoms with E-state index in [-0.39, 0.29) is 18.3 Å². The van der Waals surface area contributed by atoms with Crippen molar-refractivity contribution in [1.82, 2.24) is 15.0 Å². The fourth-order valence-electron chi connectivity index (χ4n) is 3.18. The first-order valence-electron chi connectivity index (χ1n) is 9.30. The molecule has 0 N–H and O–H groups in total. The minimum absolute atomic E-state index is 0.0323. The van der Waals surface area contributed by atoms with Crippen LogP contribution in [0.1, 0.15) is 35.5 Å². The zero-order valence-electron chi connectivity index (χ0n) is 15.3. The summed E-state index contributed by atoms with van der Waals surface area (Å²) in [6.45, 7) is 1.68.